The number of aromatic nitrogens is 2. The molecule has 2 rings (SSSR count). The van der Waals surface area contributed by atoms with Gasteiger partial charge in [-0.1, -0.05) is 56.3 Å². The lowest BCUT2D eigenvalue weighted by Gasteiger charge is -2.04. The molecule has 0 radical (unpaired) electrons. The fraction of sp³-hybridized carbons (Fsp3) is 0.353. The van der Waals surface area contributed by atoms with E-state index >= 15 is 0 Å². The molecule has 1 aromatic carbocycles. The van der Waals surface area contributed by atoms with Crippen LogP contribution in [0.25, 0.3) is 0 Å². The van der Waals surface area contributed by atoms with Gasteiger partial charge in [0.1, 0.15) is 0 Å². The Morgan fingerprint density at radius 1 is 1.23 bits per heavy atom. The first-order valence-corrected chi connectivity index (χ1v) is 8.46. The highest BCUT2D eigenvalue weighted by Gasteiger charge is 2.09. The number of ketones is 1. The average Bonchev–Trinajstić information content (AvgIpc) is 2.52. The predicted octanol–water partition coefficient (Wildman–Crippen LogP) is 3.26. The van der Waals surface area contributed by atoms with Gasteiger partial charge in [-0.05, 0) is 18.4 Å². The van der Waals surface area contributed by atoms with Gasteiger partial charge in [0.15, 0.2) is 10.9 Å². The third-order valence-electron chi connectivity index (χ3n) is 3.30. The van der Waals surface area contributed by atoms with Gasteiger partial charge in [-0.15, -0.1) is 0 Å². The Morgan fingerprint density at radius 3 is 2.59 bits per heavy atom. The van der Waals surface area contributed by atoms with Crippen molar-refractivity contribution in [2.45, 2.75) is 38.3 Å². The zero-order chi connectivity index (χ0) is 15.9. The van der Waals surface area contributed by atoms with E-state index in [1.807, 2.05) is 31.2 Å². The summed E-state index contributed by atoms with van der Waals surface area (Å²) in [6.07, 6.45) is 2.66. The van der Waals surface area contributed by atoms with E-state index in [4.69, 9.17) is 0 Å². The highest BCUT2D eigenvalue weighted by molar-refractivity contribution is 7.99. The maximum Gasteiger partial charge on any atom is 0.251 e. The molecule has 0 atom stereocenters. The first-order chi connectivity index (χ1) is 10.6. The number of hydrogen-bond acceptors (Lipinski definition) is 4. The van der Waals surface area contributed by atoms with Crippen LogP contribution in [0.4, 0.5) is 0 Å². The molecule has 5 heteroatoms. The zero-order valence-electron chi connectivity index (χ0n) is 12.9. The second-order valence-corrected chi connectivity index (χ2v) is 6.02. The van der Waals surface area contributed by atoms with E-state index in [1.54, 1.807) is 0 Å². The van der Waals surface area contributed by atoms with Crippen LogP contribution in [0.1, 0.15) is 41.9 Å². The molecule has 1 heterocycles. The van der Waals surface area contributed by atoms with Crippen molar-refractivity contribution in [2.75, 3.05) is 5.75 Å². The van der Waals surface area contributed by atoms with E-state index in [0.29, 0.717) is 10.7 Å². The topological polar surface area (TPSA) is 62.8 Å². The van der Waals surface area contributed by atoms with Crippen molar-refractivity contribution in [1.29, 1.82) is 0 Å². The standard InChI is InChI=1S/C17H20N2O2S/c1-3-5-14-10-16(21)19-17(18-14)22-11-15(20)13-8-6-12(4-2)7-9-13/h6-10H,3-5,11H2,1-2H3,(H,18,19,21). The Balaban J connectivity index is 2.02. The van der Waals surface area contributed by atoms with Gasteiger partial charge in [0, 0.05) is 17.3 Å². The van der Waals surface area contributed by atoms with Crippen LogP contribution in [0.3, 0.4) is 0 Å². The molecule has 0 fully saturated rings. The number of carbonyl (C=O) groups is 1. The molecule has 0 aliphatic carbocycles. The van der Waals surface area contributed by atoms with Crippen LogP contribution in [0.5, 0.6) is 0 Å². The summed E-state index contributed by atoms with van der Waals surface area (Å²) < 4.78 is 0. The predicted molar refractivity (Wildman–Crippen MR) is 89.7 cm³/mol. The molecule has 0 bridgehead atoms. The molecule has 1 N–H and O–H groups in total. The largest absolute Gasteiger partial charge is 0.301 e. The third kappa shape index (κ3) is 4.56. The number of benzene rings is 1. The summed E-state index contributed by atoms with van der Waals surface area (Å²) in [6, 6.07) is 9.16. The second kappa shape index (κ2) is 7.94. The molecule has 2 aromatic rings. The number of thioether (sulfide) groups is 1. The number of hydrogen-bond donors (Lipinski definition) is 1. The summed E-state index contributed by atoms with van der Waals surface area (Å²) in [5.74, 6) is 0.306. The average molecular weight is 316 g/mol. The normalized spacial score (nSPS) is 10.6. The first-order valence-electron chi connectivity index (χ1n) is 7.47. The molecule has 0 amide bonds. The second-order valence-electron chi connectivity index (χ2n) is 5.05. The fourth-order valence-corrected chi connectivity index (χ4v) is 2.87. The van der Waals surface area contributed by atoms with E-state index < -0.39 is 0 Å². The summed E-state index contributed by atoms with van der Waals surface area (Å²) in [5.41, 5.74) is 2.51. The number of carbonyl (C=O) groups excluding carboxylic acids is 1. The van der Waals surface area contributed by atoms with Crippen molar-refractivity contribution in [2.24, 2.45) is 0 Å². The monoisotopic (exact) mass is 316 g/mol. The van der Waals surface area contributed by atoms with Crippen LogP contribution in [0.2, 0.25) is 0 Å². The highest BCUT2D eigenvalue weighted by atomic mass is 32.2. The van der Waals surface area contributed by atoms with Crippen molar-refractivity contribution >= 4 is 17.5 Å². The maximum absolute atomic E-state index is 12.2. The van der Waals surface area contributed by atoms with E-state index in [2.05, 4.69) is 16.9 Å². The number of aromatic amines is 1. The molecule has 0 spiro atoms. The Morgan fingerprint density at radius 2 is 1.95 bits per heavy atom. The first kappa shape index (κ1) is 16.5. The molecule has 0 saturated heterocycles. The molecule has 0 aliphatic rings. The minimum atomic E-state index is -0.166. The van der Waals surface area contributed by atoms with Crippen molar-refractivity contribution in [1.82, 2.24) is 9.97 Å². The Hall–Kier alpha value is -1.88. The van der Waals surface area contributed by atoms with Crippen LogP contribution < -0.4 is 5.56 Å². The minimum Gasteiger partial charge on any atom is -0.301 e. The molecule has 116 valence electrons. The van der Waals surface area contributed by atoms with Gasteiger partial charge < -0.3 is 4.98 Å². The summed E-state index contributed by atoms with van der Waals surface area (Å²) in [4.78, 5) is 30.8. The van der Waals surface area contributed by atoms with E-state index in [9.17, 15) is 9.59 Å². The van der Waals surface area contributed by atoms with E-state index in [1.165, 1.54) is 23.4 Å². The van der Waals surface area contributed by atoms with E-state index in [-0.39, 0.29) is 17.1 Å². The summed E-state index contributed by atoms with van der Waals surface area (Å²) in [6.45, 7) is 4.12. The van der Waals surface area contributed by atoms with E-state index in [0.717, 1.165) is 25.0 Å². The third-order valence-corrected chi connectivity index (χ3v) is 4.18. The molecule has 1 aromatic heterocycles. The zero-order valence-corrected chi connectivity index (χ0v) is 13.7. The summed E-state index contributed by atoms with van der Waals surface area (Å²) >= 11 is 1.27. The maximum atomic E-state index is 12.2. The number of nitrogens with zero attached hydrogens (tertiary/aromatic N) is 1. The SMILES string of the molecule is CCCc1cc(=O)[nH]c(SCC(=O)c2ccc(CC)cc2)n1. The van der Waals surface area contributed by atoms with Crippen molar-refractivity contribution in [3.8, 4) is 0 Å². The lowest BCUT2D eigenvalue weighted by molar-refractivity contribution is 0.102. The van der Waals surface area contributed by atoms with Crippen LogP contribution in [0.15, 0.2) is 40.3 Å². The van der Waals surface area contributed by atoms with Gasteiger partial charge >= 0.3 is 0 Å². The minimum absolute atomic E-state index is 0.0381. The molecule has 4 nitrogen and oxygen atoms in total. The van der Waals surface area contributed by atoms with Crippen molar-refractivity contribution in [3.63, 3.8) is 0 Å². The highest BCUT2D eigenvalue weighted by Crippen LogP contribution is 2.15. The molecule has 0 aliphatic heterocycles. The number of H-pyrrole nitrogens is 1. The summed E-state index contributed by atoms with van der Waals surface area (Å²) in [7, 11) is 0. The lowest BCUT2D eigenvalue weighted by Crippen LogP contribution is -2.11. The van der Waals surface area contributed by atoms with Gasteiger partial charge in [-0.3, -0.25) is 9.59 Å². The van der Waals surface area contributed by atoms with Crippen molar-refractivity contribution < 1.29 is 4.79 Å². The molecule has 22 heavy (non-hydrogen) atoms. The number of Topliss-reactive ketones (excluding diaryl/α,β-unsaturated/α-hetero) is 1. The Bertz CT molecular complexity index is 693. The smallest absolute Gasteiger partial charge is 0.251 e. The molecular formula is C17H20N2O2S. The van der Waals surface area contributed by atoms with Crippen LogP contribution in [0, 0.1) is 0 Å². The fourth-order valence-electron chi connectivity index (χ4n) is 2.08. The van der Waals surface area contributed by atoms with Gasteiger partial charge in [-0.2, -0.15) is 0 Å². The van der Waals surface area contributed by atoms with Gasteiger partial charge in [0.2, 0.25) is 0 Å². The number of aryl methyl sites for hydroxylation is 2. The van der Waals surface area contributed by atoms with Gasteiger partial charge in [0.25, 0.3) is 5.56 Å². The van der Waals surface area contributed by atoms with Crippen LogP contribution >= 0.6 is 11.8 Å². The quantitative estimate of drug-likeness (QED) is 0.484. The molecule has 0 saturated carbocycles. The van der Waals surface area contributed by atoms with Crippen LogP contribution in [-0.4, -0.2) is 21.5 Å². The van der Waals surface area contributed by atoms with Gasteiger partial charge in [0.05, 0.1) is 5.75 Å². The van der Waals surface area contributed by atoms with Crippen LogP contribution in [-0.2, 0) is 12.8 Å². The Kier molecular flexibility index (Phi) is 5.95. The lowest BCUT2D eigenvalue weighted by atomic mass is 10.1. The van der Waals surface area contributed by atoms with Gasteiger partial charge in [-0.25, -0.2) is 4.98 Å². The number of nitrogens with one attached hydrogen (secondary N) is 1. The molecular weight excluding hydrogens is 296 g/mol. The number of rotatable bonds is 7. The molecule has 0 unspecified atom stereocenters. The van der Waals surface area contributed by atoms with Crippen molar-refractivity contribution in [3.05, 3.63) is 57.5 Å². The Labute approximate surface area is 134 Å². The summed E-state index contributed by atoms with van der Waals surface area (Å²) in [5, 5.41) is 0.509.